The van der Waals surface area contributed by atoms with Crippen molar-refractivity contribution in [2.45, 2.75) is 26.2 Å². The molecule has 4 heteroatoms. The highest BCUT2D eigenvalue weighted by atomic mass is 19.1. The first kappa shape index (κ1) is 14.0. The van der Waals surface area contributed by atoms with Crippen LogP contribution in [-0.4, -0.2) is 25.7 Å². The molecule has 1 aromatic carbocycles. The molecule has 0 radical (unpaired) electrons. The van der Waals surface area contributed by atoms with Crippen LogP contribution in [0.5, 0.6) is 0 Å². The fourth-order valence-corrected chi connectivity index (χ4v) is 2.06. The van der Waals surface area contributed by atoms with E-state index in [1.807, 2.05) is 13.8 Å². The van der Waals surface area contributed by atoms with Crippen LogP contribution in [0.2, 0.25) is 0 Å². The molecule has 2 rings (SSSR count). The Labute approximate surface area is 113 Å². The van der Waals surface area contributed by atoms with Gasteiger partial charge < -0.3 is 10.1 Å². The minimum Gasteiger partial charge on any atom is -0.380 e. The van der Waals surface area contributed by atoms with Crippen LogP contribution in [0.4, 0.5) is 4.39 Å². The van der Waals surface area contributed by atoms with Crippen molar-refractivity contribution in [2.24, 2.45) is 5.41 Å². The zero-order chi connectivity index (χ0) is 14.1. The predicted molar refractivity (Wildman–Crippen MR) is 71.4 cm³/mol. The smallest absolute Gasteiger partial charge is 0.230 e. The molecule has 0 spiro atoms. The van der Waals surface area contributed by atoms with Gasteiger partial charge >= 0.3 is 0 Å². The minimum absolute atomic E-state index is 0.0489. The van der Waals surface area contributed by atoms with E-state index < -0.39 is 5.41 Å². The summed E-state index contributed by atoms with van der Waals surface area (Å²) >= 11 is 0. The van der Waals surface area contributed by atoms with E-state index >= 15 is 0 Å². The van der Waals surface area contributed by atoms with E-state index in [-0.39, 0.29) is 17.1 Å². The highest BCUT2D eigenvalue weighted by Gasteiger charge is 2.36. The third kappa shape index (κ3) is 2.95. The summed E-state index contributed by atoms with van der Waals surface area (Å²) in [5.74, 6) is -0.341. The van der Waals surface area contributed by atoms with E-state index in [9.17, 15) is 9.18 Å². The van der Waals surface area contributed by atoms with Crippen LogP contribution in [0.1, 0.15) is 26.3 Å². The van der Waals surface area contributed by atoms with Gasteiger partial charge in [-0.05, 0) is 31.5 Å². The van der Waals surface area contributed by atoms with E-state index in [4.69, 9.17) is 4.74 Å². The van der Waals surface area contributed by atoms with Gasteiger partial charge in [0.15, 0.2) is 0 Å². The maximum Gasteiger partial charge on any atom is 0.230 e. The fourth-order valence-electron chi connectivity index (χ4n) is 2.06. The Balaban J connectivity index is 2.01. The van der Waals surface area contributed by atoms with Gasteiger partial charge in [0.25, 0.3) is 0 Å². The molecule has 3 nitrogen and oxygen atoms in total. The van der Waals surface area contributed by atoms with Gasteiger partial charge in [0.1, 0.15) is 5.82 Å². The van der Waals surface area contributed by atoms with Crippen molar-refractivity contribution in [2.75, 3.05) is 19.8 Å². The van der Waals surface area contributed by atoms with Crippen LogP contribution in [0, 0.1) is 11.2 Å². The summed E-state index contributed by atoms with van der Waals surface area (Å²) in [5, 5.41) is 2.97. The summed E-state index contributed by atoms with van der Waals surface area (Å²) in [4.78, 5) is 12.3. The Kier molecular flexibility index (Phi) is 3.63. The van der Waals surface area contributed by atoms with Gasteiger partial charge in [-0.15, -0.1) is 0 Å². The van der Waals surface area contributed by atoms with E-state index in [1.54, 1.807) is 12.1 Å². The van der Waals surface area contributed by atoms with Crippen LogP contribution in [0.15, 0.2) is 24.3 Å². The number of rotatable bonds is 4. The highest BCUT2D eigenvalue weighted by Crippen LogP contribution is 2.27. The zero-order valence-electron chi connectivity index (χ0n) is 11.6. The molecular formula is C15H20FNO2. The summed E-state index contributed by atoms with van der Waals surface area (Å²) in [7, 11) is 0. The number of carbonyl (C=O) groups excluding carboxylic acids is 1. The van der Waals surface area contributed by atoms with Crippen molar-refractivity contribution in [3.63, 3.8) is 0 Å². The van der Waals surface area contributed by atoms with Crippen molar-refractivity contribution < 1.29 is 13.9 Å². The first-order valence-electron chi connectivity index (χ1n) is 6.46. The van der Waals surface area contributed by atoms with Crippen LogP contribution in [-0.2, 0) is 14.9 Å². The monoisotopic (exact) mass is 265 g/mol. The van der Waals surface area contributed by atoms with Crippen LogP contribution >= 0.6 is 0 Å². The maximum atomic E-state index is 12.9. The lowest BCUT2D eigenvalue weighted by molar-refractivity contribution is -0.130. The average molecular weight is 265 g/mol. The molecule has 1 fully saturated rings. The first-order valence-corrected chi connectivity index (χ1v) is 6.46. The topological polar surface area (TPSA) is 38.3 Å². The van der Waals surface area contributed by atoms with Gasteiger partial charge in [0, 0.05) is 12.0 Å². The van der Waals surface area contributed by atoms with Crippen molar-refractivity contribution in [3.8, 4) is 0 Å². The van der Waals surface area contributed by atoms with Crippen molar-refractivity contribution in [1.82, 2.24) is 5.32 Å². The molecule has 0 aromatic heterocycles. The SMILES string of the molecule is CC1(CNC(=O)C(C)(C)c2ccc(F)cc2)COC1. The molecule has 1 aromatic rings. The molecule has 1 aliphatic rings. The van der Waals surface area contributed by atoms with Crippen LogP contribution < -0.4 is 5.32 Å². The normalized spacial score (nSPS) is 17.7. The molecule has 0 unspecified atom stereocenters. The van der Waals surface area contributed by atoms with E-state index in [2.05, 4.69) is 12.2 Å². The summed E-state index contributed by atoms with van der Waals surface area (Å²) in [6.07, 6.45) is 0. The number of ether oxygens (including phenoxy) is 1. The quantitative estimate of drug-likeness (QED) is 0.907. The van der Waals surface area contributed by atoms with E-state index in [0.717, 1.165) is 5.56 Å². The molecular weight excluding hydrogens is 245 g/mol. The number of hydrogen-bond acceptors (Lipinski definition) is 2. The van der Waals surface area contributed by atoms with Gasteiger partial charge in [-0.3, -0.25) is 4.79 Å². The third-order valence-corrected chi connectivity index (χ3v) is 3.71. The second-order valence-electron chi connectivity index (χ2n) is 6.12. The summed E-state index contributed by atoms with van der Waals surface area (Å²) in [5.41, 5.74) is 0.185. The zero-order valence-corrected chi connectivity index (χ0v) is 11.6. The van der Waals surface area contributed by atoms with Gasteiger partial charge in [-0.1, -0.05) is 19.1 Å². The Morgan fingerprint density at radius 3 is 2.42 bits per heavy atom. The molecule has 104 valence electrons. The lowest BCUT2D eigenvalue weighted by atomic mass is 9.82. The Hall–Kier alpha value is -1.42. The third-order valence-electron chi connectivity index (χ3n) is 3.71. The average Bonchev–Trinajstić information content (AvgIpc) is 2.34. The highest BCUT2D eigenvalue weighted by molar-refractivity contribution is 5.87. The lowest BCUT2D eigenvalue weighted by Crippen LogP contribution is -2.51. The number of halogens is 1. The molecule has 0 bridgehead atoms. The van der Waals surface area contributed by atoms with Crippen LogP contribution in [0.25, 0.3) is 0 Å². The van der Waals surface area contributed by atoms with Gasteiger partial charge in [-0.2, -0.15) is 0 Å². The molecule has 0 atom stereocenters. The second kappa shape index (κ2) is 4.93. The number of nitrogens with one attached hydrogen (secondary N) is 1. The van der Waals surface area contributed by atoms with Gasteiger partial charge in [0.2, 0.25) is 5.91 Å². The molecule has 1 amide bonds. The molecule has 0 saturated carbocycles. The molecule has 1 aliphatic heterocycles. The van der Waals surface area contributed by atoms with Crippen LogP contribution in [0.3, 0.4) is 0 Å². The van der Waals surface area contributed by atoms with Crippen molar-refractivity contribution >= 4 is 5.91 Å². The number of benzene rings is 1. The largest absolute Gasteiger partial charge is 0.380 e. The Morgan fingerprint density at radius 1 is 1.37 bits per heavy atom. The standard InChI is InChI=1S/C15H20FNO2/c1-14(2,11-4-6-12(16)7-5-11)13(18)17-8-15(3)9-19-10-15/h4-7H,8-10H2,1-3H3,(H,17,18). The fraction of sp³-hybridized carbons (Fsp3) is 0.533. The maximum absolute atomic E-state index is 12.9. The van der Waals surface area contributed by atoms with E-state index in [0.29, 0.717) is 19.8 Å². The first-order chi connectivity index (χ1) is 8.83. The Morgan fingerprint density at radius 2 is 1.95 bits per heavy atom. The molecule has 1 saturated heterocycles. The second-order valence-corrected chi connectivity index (χ2v) is 6.12. The van der Waals surface area contributed by atoms with Gasteiger partial charge in [-0.25, -0.2) is 4.39 Å². The predicted octanol–water partition coefficient (Wildman–Crippen LogP) is 2.26. The Bertz CT molecular complexity index is 464. The molecule has 1 heterocycles. The number of carbonyl (C=O) groups is 1. The summed E-state index contributed by atoms with van der Waals surface area (Å²) in [6, 6.07) is 6.07. The number of amides is 1. The summed E-state index contributed by atoms with van der Waals surface area (Å²) in [6.45, 7) is 7.75. The van der Waals surface area contributed by atoms with Gasteiger partial charge in [0.05, 0.1) is 18.6 Å². The lowest BCUT2D eigenvalue weighted by Gasteiger charge is -2.39. The van der Waals surface area contributed by atoms with E-state index in [1.165, 1.54) is 12.1 Å². The van der Waals surface area contributed by atoms with Crippen molar-refractivity contribution in [3.05, 3.63) is 35.6 Å². The number of hydrogen-bond donors (Lipinski definition) is 1. The molecule has 1 N–H and O–H groups in total. The molecule has 0 aliphatic carbocycles. The van der Waals surface area contributed by atoms with Crippen molar-refractivity contribution in [1.29, 1.82) is 0 Å². The minimum atomic E-state index is -0.672. The molecule has 19 heavy (non-hydrogen) atoms. The summed E-state index contributed by atoms with van der Waals surface area (Å²) < 4.78 is 18.1.